The number of nitrogens with zero attached hydrogens (tertiary/aromatic N) is 2. The number of rotatable bonds is 4. The van der Waals surface area contributed by atoms with Gasteiger partial charge in [-0.15, -0.1) is 0 Å². The van der Waals surface area contributed by atoms with Gasteiger partial charge in [0.25, 0.3) is 0 Å². The second-order valence-corrected chi connectivity index (χ2v) is 6.83. The first-order valence-corrected chi connectivity index (χ1v) is 8.33. The fourth-order valence-corrected chi connectivity index (χ4v) is 4.15. The molecule has 23 heavy (non-hydrogen) atoms. The lowest BCUT2D eigenvalue weighted by atomic mass is 10.3. The Kier molecular flexibility index (Phi) is 4.53. The third-order valence-electron chi connectivity index (χ3n) is 3.44. The van der Waals surface area contributed by atoms with Gasteiger partial charge in [0.1, 0.15) is 11.7 Å². The van der Waals surface area contributed by atoms with Gasteiger partial charge in [-0.2, -0.15) is 0 Å². The number of benzene rings is 1. The second kappa shape index (κ2) is 6.43. The zero-order valence-corrected chi connectivity index (χ0v) is 14.4. The second-order valence-electron chi connectivity index (χ2n) is 4.95. The van der Waals surface area contributed by atoms with Crippen molar-refractivity contribution in [3.8, 4) is 0 Å². The van der Waals surface area contributed by atoms with Crippen LogP contribution >= 0.6 is 35.0 Å². The van der Waals surface area contributed by atoms with E-state index in [-0.39, 0.29) is 6.54 Å². The molecule has 4 nitrogen and oxygen atoms in total. The Hall–Kier alpha value is -1.69. The predicted octanol–water partition coefficient (Wildman–Crippen LogP) is 4.89. The van der Waals surface area contributed by atoms with Gasteiger partial charge in [0, 0.05) is 26.7 Å². The SMILES string of the molecule is Cc1c(Sc2cccc(Cl)c2)c2c(Cl)nccc2n1CC(=O)O. The molecule has 0 amide bonds. The van der Waals surface area contributed by atoms with E-state index >= 15 is 0 Å². The molecule has 0 spiro atoms. The minimum atomic E-state index is -0.905. The van der Waals surface area contributed by atoms with E-state index < -0.39 is 5.97 Å². The van der Waals surface area contributed by atoms with E-state index in [1.807, 2.05) is 25.1 Å². The summed E-state index contributed by atoms with van der Waals surface area (Å²) in [5, 5.41) is 10.9. The smallest absolute Gasteiger partial charge is 0.323 e. The van der Waals surface area contributed by atoms with Crippen molar-refractivity contribution >= 4 is 51.8 Å². The van der Waals surface area contributed by atoms with Gasteiger partial charge in [-0.1, -0.05) is 41.0 Å². The summed E-state index contributed by atoms with van der Waals surface area (Å²) >= 11 is 13.8. The molecule has 0 radical (unpaired) electrons. The van der Waals surface area contributed by atoms with Crippen molar-refractivity contribution in [1.29, 1.82) is 0 Å². The molecule has 2 aromatic heterocycles. The number of carboxylic acid groups (broad SMARTS) is 1. The van der Waals surface area contributed by atoms with Gasteiger partial charge in [-0.3, -0.25) is 4.79 Å². The van der Waals surface area contributed by atoms with Crippen LogP contribution in [0.4, 0.5) is 0 Å². The highest BCUT2D eigenvalue weighted by Gasteiger charge is 2.19. The molecule has 0 saturated heterocycles. The molecule has 7 heteroatoms. The van der Waals surface area contributed by atoms with Crippen molar-refractivity contribution in [2.45, 2.75) is 23.3 Å². The zero-order chi connectivity index (χ0) is 16.6. The van der Waals surface area contributed by atoms with E-state index in [0.717, 1.165) is 26.4 Å². The average Bonchev–Trinajstić information content (AvgIpc) is 2.74. The molecule has 0 aliphatic carbocycles. The third kappa shape index (κ3) is 3.17. The van der Waals surface area contributed by atoms with Gasteiger partial charge in [0.05, 0.1) is 10.9 Å². The molecule has 2 heterocycles. The number of carbonyl (C=O) groups is 1. The zero-order valence-electron chi connectivity index (χ0n) is 12.1. The maximum atomic E-state index is 11.2. The van der Waals surface area contributed by atoms with Crippen LogP contribution in [0.2, 0.25) is 10.2 Å². The van der Waals surface area contributed by atoms with Gasteiger partial charge in [0.2, 0.25) is 0 Å². The number of halogens is 2. The lowest BCUT2D eigenvalue weighted by Crippen LogP contribution is -2.09. The third-order valence-corrected chi connectivity index (χ3v) is 5.16. The highest BCUT2D eigenvalue weighted by molar-refractivity contribution is 7.99. The summed E-state index contributed by atoms with van der Waals surface area (Å²) in [6.45, 7) is 1.75. The van der Waals surface area contributed by atoms with Crippen molar-refractivity contribution in [2.24, 2.45) is 0 Å². The highest BCUT2D eigenvalue weighted by Crippen LogP contribution is 2.41. The Morgan fingerprint density at radius 1 is 1.35 bits per heavy atom. The summed E-state index contributed by atoms with van der Waals surface area (Å²) < 4.78 is 1.73. The topological polar surface area (TPSA) is 55.1 Å². The van der Waals surface area contributed by atoms with Crippen molar-refractivity contribution in [3.63, 3.8) is 0 Å². The van der Waals surface area contributed by atoms with E-state index in [0.29, 0.717) is 10.2 Å². The summed E-state index contributed by atoms with van der Waals surface area (Å²) in [5.74, 6) is -0.905. The van der Waals surface area contributed by atoms with Gasteiger partial charge < -0.3 is 9.67 Å². The Labute approximate surface area is 147 Å². The minimum Gasteiger partial charge on any atom is -0.480 e. The maximum absolute atomic E-state index is 11.2. The monoisotopic (exact) mass is 366 g/mol. The molecule has 118 valence electrons. The number of carboxylic acids is 1. The molecule has 3 aromatic rings. The summed E-state index contributed by atoms with van der Waals surface area (Å²) in [7, 11) is 0. The number of aliphatic carboxylic acids is 1. The molecular weight excluding hydrogens is 355 g/mol. The van der Waals surface area contributed by atoms with Crippen LogP contribution in [0.1, 0.15) is 5.69 Å². The molecule has 0 atom stereocenters. The van der Waals surface area contributed by atoms with Crippen LogP contribution < -0.4 is 0 Å². The van der Waals surface area contributed by atoms with Crippen molar-refractivity contribution in [3.05, 3.63) is 52.4 Å². The molecule has 1 N–H and O–H groups in total. The van der Waals surface area contributed by atoms with Crippen LogP contribution in [0.3, 0.4) is 0 Å². The quantitative estimate of drug-likeness (QED) is 0.668. The Morgan fingerprint density at radius 2 is 2.13 bits per heavy atom. The molecule has 3 rings (SSSR count). The van der Waals surface area contributed by atoms with Crippen LogP contribution in [0.15, 0.2) is 46.3 Å². The number of pyridine rings is 1. The molecule has 0 aliphatic heterocycles. The lowest BCUT2D eigenvalue weighted by Gasteiger charge is -2.05. The average molecular weight is 367 g/mol. The maximum Gasteiger partial charge on any atom is 0.323 e. The fraction of sp³-hybridized carbons (Fsp3) is 0.125. The normalized spacial score (nSPS) is 11.1. The van der Waals surface area contributed by atoms with Crippen LogP contribution in [0, 0.1) is 6.92 Å². The number of hydrogen-bond acceptors (Lipinski definition) is 3. The van der Waals surface area contributed by atoms with Crippen LogP contribution in [0.5, 0.6) is 0 Å². The predicted molar refractivity (Wildman–Crippen MR) is 92.7 cm³/mol. The molecule has 0 unspecified atom stereocenters. The summed E-state index contributed by atoms with van der Waals surface area (Å²) in [6.07, 6.45) is 1.58. The van der Waals surface area contributed by atoms with Crippen LogP contribution in [-0.4, -0.2) is 20.6 Å². The number of hydrogen-bond donors (Lipinski definition) is 1. The summed E-state index contributed by atoms with van der Waals surface area (Å²) in [5.41, 5.74) is 1.59. The van der Waals surface area contributed by atoms with Gasteiger partial charge in [-0.05, 0) is 31.2 Å². The fourth-order valence-electron chi connectivity index (χ4n) is 2.46. The minimum absolute atomic E-state index is 0.126. The van der Waals surface area contributed by atoms with E-state index in [2.05, 4.69) is 4.98 Å². The van der Waals surface area contributed by atoms with Crippen molar-refractivity contribution < 1.29 is 9.90 Å². The Bertz CT molecular complexity index is 908. The van der Waals surface area contributed by atoms with Crippen molar-refractivity contribution in [1.82, 2.24) is 9.55 Å². The first-order valence-electron chi connectivity index (χ1n) is 6.76. The molecule has 0 aliphatic rings. The number of fused-ring (bicyclic) bond motifs is 1. The molecule has 1 aromatic carbocycles. The first-order chi connectivity index (χ1) is 11.0. The van der Waals surface area contributed by atoms with E-state index in [1.54, 1.807) is 22.9 Å². The molecule has 0 fully saturated rings. The van der Waals surface area contributed by atoms with Gasteiger partial charge in [-0.25, -0.2) is 4.98 Å². The molecule has 0 bridgehead atoms. The van der Waals surface area contributed by atoms with Crippen LogP contribution in [-0.2, 0) is 11.3 Å². The standard InChI is InChI=1S/C16H12Cl2N2O2S/c1-9-15(23-11-4-2-3-10(17)7-11)14-12(5-6-19-16(14)18)20(9)8-13(21)22/h2-7H,8H2,1H3,(H,21,22). The number of aromatic nitrogens is 2. The lowest BCUT2D eigenvalue weighted by molar-refractivity contribution is -0.137. The van der Waals surface area contributed by atoms with Crippen LogP contribution in [0.25, 0.3) is 10.9 Å². The van der Waals surface area contributed by atoms with E-state index in [9.17, 15) is 4.79 Å². The molecule has 0 saturated carbocycles. The Morgan fingerprint density at radius 3 is 2.83 bits per heavy atom. The summed E-state index contributed by atoms with van der Waals surface area (Å²) in [6, 6.07) is 9.26. The highest BCUT2D eigenvalue weighted by atomic mass is 35.5. The van der Waals surface area contributed by atoms with Gasteiger partial charge in [0.15, 0.2) is 0 Å². The summed E-state index contributed by atoms with van der Waals surface area (Å²) in [4.78, 5) is 17.1. The largest absolute Gasteiger partial charge is 0.480 e. The van der Waals surface area contributed by atoms with Crippen molar-refractivity contribution in [2.75, 3.05) is 0 Å². The van der Waals surface area contributed by atoms with Gasteiger partial charge >= 0.3 is 5.97 Å². The van der Waals surface area contributed by atoms with E-state index in [4.69, 9.17) is 28.3 Å². The first kappa shape index (κ1) is 16.2. The Balaban J connectivity index is 2.19. The van der Waals surface area contributed by atoms with E-state index in [1.165, 1.54) is 11.8 Å². The molecular formula is C16H12Cl2N2O2S.